The van der Waals surface area contributed by atoms with Gasteiger partial charge in [-0.1, -0.05) is 35.9 Å². The first-order valence-electron chi connectivity index (χ1n) is 7.17. The largest absolute Gasteiger partial charge is 0.350 e. The summed E-state index contributed by atoms with van der Waals surface area (Å²) in [6, 6.07) is 14.0. The van der Waals surface area contributed by atoms with Crippen LogP contribution in [0.3, 0.4) is 0 Å². The number of amides is 1. The van der Waals surface area contributed by atoms with E-state index in [1.54, 1.807) is 6.20 Å². The van der Waals surface area contributed by atoms with E-state index in [9.17, 15) is 4.79 Å². The summed E-state index contributed by atoms with van der Waals surface area (Å²) in [5.41, 5.74) is 3.37. The van der Waals surface area contributed by atoms with Crippen LogP contribution < -0.4 is 10.6 Å². The molecule has 0 saturated carbocycles. The molecule has 0 radical (unpaired) electrons. The normalized spacial score (nSPS) is 10.3. The van der Waals surface area contributed by atoms with E-state index in [4.69, 9.17) is 0 Å². The van der Waals surface area contributed by atoms with Crippen LogP contribution in [-0.4, -0.2) is 17.4 Å². The van der Waals surface area contributed by atoms with E-state index in [0.29, 0.717) is 19.5 Å². The van der Waals surface area contributed by atoms with Gasteiger partial charge in [0.1, 0.15) is 0 Å². The molecule has 110 valence electrons. The Hall–Kier alpha value is -2.20. The van der Waals surface area contributed by atoms with Gasteiger partial charge >= 0.3 is 0 Å². The summed E-state index contributed by atoms with van der Waals surface area (Å²) in [7, 11) is 0. The standard InChI is InChI=1S/C17H21N3O/c1-14-5-4-6-15(11-14)12-18-10-8-17(21)20-13-16-7-2-3-9-19-16/h2-7,9,11,18H,8,10,12-13H2,1H3,(H,20,21). The van der Waals surface area contributed by atoms with Crippen molar-refractivity contribution in [3.05, 3.63) is 65.5 Å². The molecular formula is C17H21N3O. The van der Waals surface area contributed by atoms with E-state index in [1.165, 1.54) is 11.1 Å². The van der Waals surface area contributed by atoms with Crippen molar-refractivity contribution < 1.29 is 4.79 Å². The molecule has 0 aliphatic rings. The summed E-state index contributed by atoms with van der Waals surface area (Å²) >= 11 is 0. The van der Waals surface area contributed by atoms with Gasteiger partial charge in [0.15, 0.2) is 0 Å². The van der Waals surface area contributed by atoms with E-state index in [2.05, 4.69) is 40.7 Å². The molecule has 1 aromatic carbocycles. The Kier molecular flexibility index (Phi) is 5.91. The van der Waals surface area contributed by atoms with Crippen LogP contribution in [0.1, 0.15) is 23.2 Å². The van der Waals surface area contributed by atoms with Crippen LogP contribution in [0.4, 0.5) is 0 Å². The molecule has 0 spiro atoms. The van der Waals surface area contributed by atoms with Gasteiger partial charge in [-0.15, -0.1) is 0 Å². The highest BCUT2D eigenvalue weighted by Gasteiger charge is 2.01. The molecule has 0 aliphatic carbocycles. The highest BCUT2D eigenvalue weighted by molar-refractivity contribution is 5.75. The lowest BCUT2D eigenvalue weighted by Gasteiger charge is -2.07. The number of benzene rings is 1. The molecule has 21 heavy (non-hydrogen) atoms. The molecule has 2 rings (SSSR count). The van der Waals surface area contributed by atoms with Crippen LogP contribution in [0, 0.1) is 6.92 Å². The Labute approximate surface area is 125 Å². The number of aryl methyl sites for hydroxylation is 1. The molecule has 1 heterocycles. The Bertz CT molecular complexity index is 569. The first-order chi connectivity index (χ1) is 10.2. The minimum absolute atomic E-state index is 0.0393. The van der Waals surface area contributed by atoms with Crippen LogP contribution in [-0.2, 0) is 17.9 Å². The monoisotopic (exact) mass is 283 g/mol. The summed E-state index contributed by atoms with van der Waals surface area (Å²) < 4.78 is 0. The topological polar surface area (TPSA) is 54.0 Å². The van der Waals surface area contributed by atoms with Gasteiger partial charge in [-0.3, -0.25) is 9.78 Å². The van der Waals surface area contributed by atoms with Gasteiger partial charge in [0, 0.05) is 25.7 Å². The average molecular weight is 283 g/mol. The van der Waals surface area contributed by atoms with Crippen LogP contribution >= 0.6 is 0 Å². The second-order valence-electron chi connectivity index (χ2n) is 5.01. The molecule has 0 unspecified atom stereocenters. The molecule has 1 amide bonds. The van der Waals surface area contributed by atoms with Crippen LogP contribution in [0.25, 0.3) is 0 Å². The van der Waals surface area contributed by atoms with Gasteiger partial charge in [-0.05, 0) is 24.6 Å². The van der Waals surface area contributed by atoms with E-state index >= 15 is 0 Å². The molecule has 1 aromatic heterocycles. The maximum absolute atomic E-state index is 11.7. The number of nitrogens with one attached hydrogen (secondary N) is 2. The molecule has 0 saturated heterocycles. The molecule has 0 atom stereocenters. The first kappa shape index (κ1) is 15.2. The Morgan fingerprint density at radius 3 is 2.81 bits per heavy atom. The number of carbonyl (C=O) groups is 1. The average Bonchev–Trinajstić information content (AvgIpc) is 2.51. The number of rotatable bonds is 7. The van der Waals surface area contributed by atoms with Gasteiger partial charge in [-0.25, -0.2) is 0 Å². The maximum Gasteiger partial charge on any atom is 0.221 e. The van der Waals surface area contributed by atoms with Crippen LogP contribution in [0.15, 0.2) is 48.7 Å². The summed E-state index contributed by atoms with van der Waals surface area (Å²) in [6.45, 7) is 4.02. The Morgan fingerprint density at radius 2 is 2.05 bits per heavy atom. The lowest BCUT2D eigenvalue weighted by atomic mass is 10.1. The van der Waals surface area contributed by atoms with E-state index in [-0.39, 0.29) is 5.91 Å². The van der Waals surface area contributed by atoms with Gasteiger partial charge in [0.2, 0.25) is 5.91 Å². The molecule has 2 aromatic rings. The fourth-order valence-corrected chi connectivity index (χ4v) is 2.04. The second-order valence-corrected chi connectivity index (χ2v) is 5.01. The van der Waals surface area contributed by atoms with Crippen LogP contribution in [0.5, 0.6) is 0 Å². The number of carbonyl (C=O) groups excluding carboxylic acids is 1. The minimum atomic E-state index is 0.0393. The van der Waals surface area contributed by atoms with Crippen molar-refractivity contribution in [3.63, 3.8) is 0 Å². The van der Waals surface area contributed by atoms with Crippen LogP contribution in [0.2, 0.25) is 0 Å². The third-order valence-electron chi connectivity index (χ3n) is 3.13. The highest BCUT2D eigenvalue weighted by Crippen LogP contribution is 2.03. The fourth-order valence-electron chi connectivity index (χ4n) is 2.04. The molecule has 4 heteroatoms. The molecule has 0 bridgehead atoms. The number of nitrogens with zero attached hydrogens (tertiary/aromatic N) is 1. The molecule has 0 fully saturated rings. The van der Waals surface area contributed by atoms with Crippen molar-refractivity contribution in [2.45, 2.75) is 26.4 Å². The quantitative estimate of drug-likeness (QED) is 0.766. The SMILES string of the molecule is Cc1cccc(CNCCC(=O)NCc2ccccn2)c1. The van der Waals surface area contributed by atoms with E-state index in [0.717, 1.165) is 12.2 Å². The van der Waals surface area contributed by atoms with Gasteiger partial charge < -0.3 is 10.6 Å². The summed E-state index contributed by atoms with van der Waals surface area (Å²) in [4.78, 5) is 15.9. The van der Waals surface area contributed by atoms with Crippen molar-refractivity contribution in [1.82, 2.24) is 15.6 Å². The Morgan fingerprint density at radius 1 is 1.14 bits per heavy atom. The number of pyridine rings is 1. The van der Waals surface area contributed by atoms with Crippen molar-refractivity contribution in [3.8, 4) is 0 Å². The number of aromatic nitrogens is 1. The van der Waals surface area contributed by atoms with Crippen molar-refractivity contribution >= 4 is 5.91 Å². The lowest BCUT2D eigenvalue weighted by Crippen LogP contribution is -2.27. The molecule has 4 nitrogen and oxygen atoms in total. The van der Waals surface area contributed by atoms with Crippen molar-refractivity contribution in [2.75, 3.05) is 6.54 Å². The second kappa shape index (κ2) is 8.17. The number of hydrogen-bond acceptors (Lipinski definition) is 3. The van der Waals surface area contributed by atoms with Gasteiger partial charge in [0.25, 0.3) is 0 Å². The minimum Gasteiger partial charge on any atom is -0.350 e. The smallest absolute Gasteiger partial charge is 0.221 e. The predicted octanol–water partition coefficient (Wildman–Crippen LogP) is 2.19. The lowest BCUT2D eigenvalue weighted by molar-refractivity contribution is -0.121. The third-order valence-corrected chi connectivity index (χ3v) is 3.13. The zero-order valence-corrected chi connectivity index (χ0v) is 12.3. The summed E-state index contributed by atoms with van der Waals surface area (Å²) in [6.07, 6.45) is 2.20. The molecule has 2 N–H and O–H groups in total. The Balaban J connectivity index is 1.61. The highest BCUT2D eigenvalue weighted by atomic mass is 16.1. The van der Waals surface area contributed by atoms with E-state index in [1.807, 2.05) is 24.3 Å². The summed E-state index contributed by atoms with van der Waals surface area (Å²) in [5.74, 6) is 0.0393. The summed E-state index contributed by atoms with van der Waals surface area (Å²) in [5, 5.41) is 6.15. The van der Waals surface area contributed by atoms with E-state index < -0.39 is 0 Å². The van der Waals surface area contributed by atoms with Crippen molar-refractivity contribution in [1.29, 1.82) is 0 Å². The first-order valence-corrected chi connectivity index (χ1v) is 7.17. The predicted molar refractivity (Wildman–Crippen MR) is 83.6 cm³/mol. The zero-order chi connectivity index (χ0) is 14.9. The third kappa shape index (κ3) is 5.75. The fraction of sp³-hybridized carbons (Fsp3) is 0.294. The molecule has 0 aliphatic heterocycles. The zero-order valence-electron chi connectivity index (χ0n) is 12.3. The van der Waals surface area contributed by atoms with Gasteiger partial charge in [0.05, 0.1) is 12.2 Å². The number of hydrogen-bond donors (Lipinski definition) is 2. The van der Waals surface area contributed by atoms with Crippen molar-refractivity contribution in [2.24, 2.45) is 0 Å². The molecular weight excluding hydrogens is 262 g/mol. The van der Waals surface area contributed by atoms with Gasteiger partial charge in [-0.2, -0.15) is 0 Å². The maximum atomic E-state index is 11.7.